The van der Waals surface area contributed by atoms with Crippen molar-refractivity contribution in [3.05, 3.63) is 71.8 Å². The van der Waals surface area contributed by atoms with E-state index >= 15 is 0 Å². The molecule has 3 aromatic rings. The van der Waals surface area contributed by atoms with Crippen molar-refractivity contribution < 1.29 is 23.8 Å². The number of carbonyl (C=O) groups excluding carboxylic acids is 2. The summed E-state index contributed by atoms with van der Waals surface area (Å²) in [5.74, 6) is 1.52. The fraction of sp³-hybridized carbons (Fsp3) is 0.130. The Morgan fingerprint density at radius 3 is 2.47 bits per heavy atom. The molecule has 0 saturated heterocycles. The summed E-state index contributed by atoms with van der Waals surface area (Å²) in [5.41, 5.74) is 1.92. The molecule has 7 nitrogen and oxygen atoms in total. The number of benzene rings is 3. The summed E-state index contributed by atoms with van der Waals surface area (Å²) in [6.45, 7) is 0. The Balaban J connectivity index is 1.63. The molecule has 3 aromatic carbocycles. The molecule has 1 heterocycles. The Labute approximate surface area is 173 Å². The van der Waals surface area contributed by atoms with E-state index in [9.17, 15) is 9.59 Å². The lowest BCUT2D eigenvalue weighted by molar-refractivity contribution is 0.0990. The fourth-order valence-corrected chi connectivity index (χ4v) is 3.27. The van der Waals surface area contributed by atoms with Gasteiger partial charge in [0, 0.05) is 24.4 Å². The average molecular weight is 404 g/mol. The van der Waals surface area contributed by atoms with Crippen LogP contribution in [-0.4, -0.2) is 33.1 Å². The number of hydrogen-bond acceptors (Lipinski definition) is 5. The maximum Gasteiger partial charge on any atom is 0.261 e. The van der Waals surface area contributed by atoms with Crippen LogP contribution in [0.2, 0.25) is 0 Å². The summed E-state index contributed by atoms with van der Waals surface area (Å²) >= 11 is 0. The number of para-hydroxylation sites is 1. The molecule has 30 heavy (non-hydrogen) atoms. The van der Waals surface area contributed by atoms with Crippen LogP contribution >= 0.6 is 0 Å². The highest BCUT2D eigenvalue weighted by Crippen LogP contribution is 2.39. The first kappa shape index (κ1) is 19.3. The van der Waals surface area contributed by atoms with Crippen LogP contribution < -0.4 is 24.4 Å². The minimum Gasteiger partial charge on any atom is -0.493 e. The minimum absolute atomic E-state index is 0.207. The summed E-state index contributed by atoms with van der Waals surface area (Å²) in [6.07, 6.45) is 0. The van der Waals surface area contributed by atoms with Crippen LogP contribution in [0.15, 0.2) is 60.7 Å². The molecule has 152 valence electrons. The molecule has 1 aliphatic heterocycles. The smallest absolute Gasteiger partial charge is 0.261 e. The zero-order chi connectivity index (χ0) is 21.3. The molecule has 4 rings (SSSR count). The summed E-state index contributed by atoms with van der Waals surface area (Å²) in [7, 11) is 4.73. The lowest BCUT2D eigenvalue weighted by atomic mass is 10.1. The van der Waals surface area contributed by atoms with E-state index in [0.29, 0.717) is 45.5 Å². The van der Waals surface area contributed by atoms with E-state index in [-0.39, 0.29) is 11.8 Å². The molecule has 0 aliphatic carbocycles. The molecule has 0 radical (unpaired) electrons. The molecule has 1 aliphatic rings. The Hall–Kier alpha value is -4.00. The second kappa shape index (κ2) is 7.79. The van der Waals surface area contributed by atoms with Gasteiger partial charge in [-0.25, -0.2) is 0 Å². The highest BCUT2D eigenvalue weighted by molar-refractivity contribution is 6.11. The molecule has 0 spiro atoms. The molecule has 0 unspecified atom stereocenters. The van der Waals surface area contributed by atoms with Gasteiger partial charge in [-0.3, -0.25) is 9.59 Å². The number of nitrogens with one attached hydrogen (secondary N) is 1. The number of fused-ring (bicyclic) bond motifs is 2. The van der Waals surface area contributed by atoms with E-state index in [4.69, 9.17) is 14.2 Å². The van der Waals surface area contributed by atoms with E-state index in [1.54, 1.807) is 68.8 Å². The monoisotopic (exact) mass is 404 g/mol. The Kier molecular flexibility index (Phi) is 5.02. The Morgan fingerprint density at radius 2 is 1.70 bits per heavy atom. The molecule has 7 heteroatoms. The highest BCUT2D eigenvalue weighted by Gasteiger charge is 2.26. The predicted molar refractivity (Wildman–Crippen MR) is 113 cm³/mol. The van der Waals surface area contributed by atoms with Crippen LogP contribution in [0, 0.1) is 0 Å². The molecule has 0 bridgehead atoms. The van der Waals surface area contributed by atoms with Crippen molar-refractivity contribution >= 4 is 23.2 Å². The second-order valence-corrected chi connectivity index (χ2v) is 6.67. The van der Waals surface area contributed by atoms with Gasteiger partial charge in [-0.2, -0.15) is 0 Å². The lowest BCUT2D eigenvalue weighted by Crippen LogP contribution is -2.25. The van der Waals surface area contributed by atoms with Gasteiger partial charge in [-0.15, -0.1) is 0 Å². The van der Waals surface area contributed by atoms with Gasteiger partial charge in [-0.05, 0) is 42.5 Å². The predicted octanol–water partition coefficient (Wildman–Crippen LogP) is 4.34. The van der Waals surface area contributed by atoms with Crippen LogP contribution in [0.25, 0.3) is 0 Å². The average Bonchev–Trinajstić information content (AvgIpc) is 2.88. The highest BCUT2D eigenvalue weighted by atomic mass is 16.5. The third kappa shape index (κ3) is 3.41. The van der Waals surface area contributed by atoms with Crippen molar-refractivity contribution in [1.29, 1.82) is 0 Å². The number of amides is 2. The van der Waals surface area contributed by atoms with Crippen LogP contribution in [0.1, 0.15) is 20.7 Å². The molecule has 0 aromatic heterocycles. The van der Waals surface area contributed by atoms with Gasteiger partial charge < -0.3 is 24.4 Å². The number of carbonyl (C=O) groups is 2. The maximum absolute atomic E-state index is 12.8. The summed E-state index contributed by atoms with van der Waals surface area (Å²) < 4.78 is 16.4. The van der Waals surface area contributed by atoms with Crippen molar-refractivity contribution in [2.24, 2.45) is 0 Å². The first-order valence-corrected chi connectivity index (χ1v) is 9.24. The molecular weight excluding hydrogens is 384 g/mol. The Bertz CT molecular complexity index is 1140. The van der Waals surface area contributed by atoms with Crippen molar-refractivity contribution in [3.63, 3.8) is 0 Å². The standard InChI is InChI=1S/C23H20N2O5/c1-25-17-12-14(22(26)24-15-9-11-20(28-2)21(13-15)29-3)8-10-19(17)30-18-7-5-4-6-16(18)23(25)27/h4-13H,1-3H3,(H,24,26). The molecule has 0 saturated carbocycles. The number of nitrogens with zero attached hydrogens (tertiary/aromatic N) is 1. The van der Waals surface area contributed by atoms with Gasteiger partial charge in [-0.1, -0.05) is 12.1 Å². The largest absolute Gasteiger partial charge is 0.493 e. The van der Waals surface area contributed by atoms with Crippen molar-refractivity contribution in [3.8, 4) is 23.0 Å². The van der Waals surface area contributed by atoms with Gasteiger partial charge in [0.25, 0.3) is 11.8 Å². The van der Waals surface area contributed by atoms with E-state index in [0.717, 1.165) is 0 Å². The Morgan fingerprint density at radius 1 is 0.933 bits per heavy atom. The van der Waals surface area contributed by atoms with E-state index in [2.05, 4.69) is 5.32 Å². The van der Waals surface area contributed by atoms with Crippen LogP contribution in [-0.2, 0) is 0 Å². The van der Waals surface area contributed by atoms with Crippen LogP contribution in [0.5, 0.6) is 23.0 Å². The lowest BCUT2D eigenvalue weighted by Gasteiger charge is -2.17. The normalized spacial score (nSPS) is 12.2. The van der Waals surface area contributed by atoms with Gasteiger partial charge >= 0.3 is 0 Å². The van der Waals surface area contributed by atoms with Crippen molar-refractivity contribution in [2.75, 3.05) is 31.5 Å². The number of anilines is 2. The third-order valence-corrected chi connectivity index (χ3v) is 4.87. The zero-order valence-corrected chi connectivity index (χ0v) is 16.8. The molecule has 0 atom stereocenters. The number of rotatable bonds is 4. The SMILES string of the molecule is COc1ccc(NC(=O)c2ccc3c(c2)N(C)C(=O)c2ccccc2O3)cc1OC. The molecular formula is C23H20N2O5. The third-order valence-electron chi connectivity index (χ3n) is 4.87. The van der Waals surface area contributed by atoms with E-state index in [1.807, 2.05) is 6.07 Å². The zero-order valence-electron chi connectivity index (χ0n) is 16.8. The minimum atomic E-state index is -0.326. The summed E-state index contributed by atoms with van der Waals surface area (Å²) in [6, 6.07) is 17.1. The number of ether oxygens (including phenoxy) is 3. The molecule has 0 fully saturated rings. The quantitative estimate of drug-likeness (QED) is 0.700. The van der Waals surface area contributed by atoms with Crippen LogP contribution in [0.4, 0.5) is 11.4 Å². The molecule has 2 amide bonds. The second-order valence-electron chi connectivity index (χ2n) is 6.67. The van der Waals surface area contributed by atoms with Crippen molar-refractivity contribution in [2.45, 2.75) is 0 Å². The maximum atomic E-state index is 12.8. The summed E-state index contributed by atoms with van der Waals surface area (Å²) in [4.78, 5) is 27.1. The number of hydrogen-bond donors (Lipinski definition) is 1. The van der Waals surface area contributed by atoms with Crippen molar-refractivity contribution in [1.82, 2.24) is 0 Å². The molecule has 1 N–H and O–H groups in total. The van der Waals surface area contributed by atoms with Gasteiger partial charge in [0.05, 0.1) is 25.5 Å². The van der Waals surface area contributed by atoms with Gasteiger partial charge in [0.15, 0.2) is 17.2 Å². The first-order valence-electron chi connectivity index (χ1n) is 9.24. The fourth-order valence-electron chi connectivity index (χ4n) is 3.27. The van der Waals surface area contributed by atoms with Gasteiger partial charge in [0.1, 0.15) is 5.75 Å². The van der Waals surface area contributed by atoms with Crippen LogP contribution in [0.3, 0.4) is 0 Å². The first-order chi connectivity index (χ1) is 14.5. The van der Waals surface area contributed by atoms with E-state index < -0.39 is 0 Å². The van der Waals surface area contributed by atoms with E-state index in [1.165, 1.54) is 12.0 Å². The summed E-state index contributed by atoms with van der Waals surface area (Å²) in [5, 5.41) is 2.83. The number of methoxy groups -OCH3 is 2. The topological polar surface area (TPSA) is 77.1 Å². The van der Waals surface area contributed by atoms with Gasteiger partial charge in [0.2, 0.25) is 0 Å².